The number of hydrogen-bond acceptors (Lipinski definition) is 3. The Morgan fingerprint density at radius 2 is 2.18 bits per heavy atom. The maximum Gasteiger partial charge on any atom is 0.270 e. The minimum Gasteiger partial charge on any atom is -0.397 e. The molecule has 3 N–H and O–H groups in total. The molecule has 1 fully saturated rings. The van der Waals surface area contributed by atoms with Crippen LogP contribution in [0, 0.1) is 0 Å². The van der Waals surface area contributed by atoms with Crippen molar-refractivity contribution in [2.45, 2.75) is 19.9 Å². The molecule has 94 valence electrons. The standard InChI is InChI=1S/C12H20N4O/c1-2-5-16-9-10(13)8-11(16)12(17)15-6-3-14-4-7-15/h8-9,14H,2-7,13H2,1H3. The van der Waals surface area contributed by atoms with Crippen LogP contribution in [0.25, 0.3) is 0 Å². The molecule has 17 heavy (non-hydrogen) atoms. The van der Waals surface area contributed by atoms with Crippen molar-refractivity contribution in [1.82, 2.24) is 14.8 Å². The summed E-state index contributed by atoms with van der Waals surface area (Å²) < 4.78 is 1.96. The molecule has 1 amide bonds. The third kappa shape index (κ3) is 2.61. The number of carbonyl (C=O) groups is 1. The van der Waals surface area contributed by atoms with Crippen molar-refractivity contribution >= 4 is 11.6 Å². The van der Waals surface area contributed by atoms with E-state index in [4.69, 9.17) is 5.73 Å². The van der Waals surface area contributed by atoms with Crippen LogP contribution in [-0.2, 0) is 6.54 Å². The van der Waals surface area contributed by atoms with Gasteiger partial charge in [0, 0.05) is 38.9 Å². The summed E-state index contributed by atoms with van der Waals surface area (Å²) in [5.41, 5.74) is 7.15. The zero-order valence-electron chi connectivity index (χ0n) is 10.3. The molecule has 2 heterocycles. The minimum absolute atomic E-state index is 0.0941. The van der Waals surface area contributed by atoms with Crippen molar-refractivity contribution < 1.29 is 4.79 Å². The third-order valence-electron chi connectivity index (χ3n) is 3.01. The largest absolute Gasteiger partial charge is 0.397 e. The molecule has 0 saturated carbocycles. The Bertz CT molecular complexity index is 393. The molecule has 0 aliphatic carbocycles. The predicted molar refractivity (Wildman–Crippen MR) is 67.9 cm³/mol. The van der Waals surface area contributed by atoms with Crippen LogP contribution in [0.5, 0.6) is 0 Å². The normalized spacial score (nSPS) is 16.2. The van der Waals surface area contributed by atoms with E-state index in [1.54, 1.807) is 6.07 Å². The molecule has 0 spiro atoms. The Labute approximate surface area is 102 Å². The maximum absolute atomic E-state index is 12.3. The molecule has 1 aliphatic rings. The molecule has 2 rings (SSSR count). The molecule has 0 unspecified atom stereocenters. The molecule has 1 aliphatic heterocycles. The van der Waals surface area contributed by atoms with E-state index < -0.39 is 0 Å². The van der Waals surface area contributed by atoms with Crippen LogP contribution in [0.3, 0.4) is 0 Å². The van der Waals surface area contributed by atoms with Gasteiger partial charge in [-0.25, -0.2) is 0 Å². The number of amides is 1. The van der Waals surface area contributed by atoms with Gasteiger partial charge in [-0.15, -0.1) is 0 Å². The zero-order valence-corrected chi connectivity index (χ0v) is 10.3. The zero-order chi connectivity index (χ0) is 12.3. The molecule has 0 aromatic carbocycles. The van der Waals surface area contributed by atoms with Gasteiger partial charge in [-0.3, -0.25) is 4.79 Å². The Kier molecular flexibility index (Phi) is 3.68. The van der Waals surface area contributed by atoms with E-state index in [0.29, 0.717) is 11.4 Å². The van der Waals surface area contributed by atoms with Crippen molar-refractivity contribution in [1.29, 1.82) is 0 Å². The lowest BCUT2D eigenvalue weighted by Gasteiger charge is -2.27. The van der Waals surface area contributed by atoms with Crippen LogP contribution in [0.15, 0.2) is 12.3 Å². The number of nitrogens with two attached hydrogens (primary N) is 1. The van der Waals surface area contributed by atoms with Crippen molar-refractivity contribution in [3.8, 4) is 0 Å². The van der Waals surface area contributed by atoms with Gasteiger partial charge in [0.1, 0.15) is 5.69 Å². The number of nitrogen functional groups attached to an aromatic ring is 1. The molecule has 1 aromatic rings. The molecule has 0 radical (unpaired) electrons. The van der Waals surface area contributed by atoms with Crippen molar-refractivity contribution in [2.24, 2.45) is 0 Å². The third-order valence-corrected chi connectivity index (χ3v) is 3.01. The first kappa shape index (κ1) is 12.0. The van der Waals surface area contributed by atoms with Crippen molar-refractivity contribution in [3.05, 3.63) is 18.0 Å². The van der Waals surface area contributed by atoms with Crippen LogP contribution in [0.2, 0.25) is 0 Å². The second-order valence-electron chi connectivity index (χ2n) is 4.39. The molecule has 5 heteroatoms. The number of aromatic nitrogens is 1. The van der Waals surface area contributed by atoms with Gasteiger partial charge in [0.05, 0.1) is 5.69 Å². The fourth-order valence-electron chi connectivity index (χ4n) is 2.17. The molecule has 1 aromatic heterocycles. The number of anilines is 1. The summed E-state index contributed by atoms with van der Waals surface area (Å²) in [4.78, 5) is 14.2. The van der Waals surface area contributed by atoms with E-state index in [1.807, 2.05) is 15.7 Å². The quantitative estimate of drug-likeness (QED) is 0.804. The Morgan fingerprint density at radius 3 is 2.82 bits per heavy atom. The number of nitrogens with zero attached hydrogens (tertiary/aromatic N) is 2. The monoisotopic (exact) mass is 236 g/mol. The van der Waals surface area contributed by atoms with E-state index in [-0.39, 0.29) is 5.91 Å². The van der Waals surface area contributed by atoms with Crippen LogP contribution in [0.4, 0.5) is 5.69 Å². The Balaban J connectivity index is 2.16. The van der Waals surface area contributed by atoms with Gasteiger partial charge in [0.25, 0.3) is 5.91 Å². The number of rotatable bonds is 3. The van der Waals surface area contributed by atoms with Gasteiger partial charge >= 0.3 is 0 Å². The summed E-state index contributed by atoms with van der Waals surface area (Å²) in [6, 6.07) is 1.78. The smallest absolute Gasteiger partial charge is 0.270 e. The summed E-state index contributed by atoms with van der Waals surface area (Å²) >= 11 is 0. The van der Waals surface area contributed by atoms with Gasteiger partial charge in [0.15, 0.2) is 0 Å². The number of carbonyl (C=O) groups excluding carboxylic acids is 1. The summed E-state index contributed by atoms with van der Waals surface area (Å²) in [5.74, 6) is 0.0941. The Hall–Kier alpha value is -1.49. The molecule has 1 saturated heterocycles. The fraction of sp³-hybridized carbons (Fsp3) is 0.583. The predicted octanol–water partition coefficient (Wildman–Crippen LogP) is 0.526. The lowest BCUT2D eigenvalue weighted by atomic mass is 10.3. The molecular formula is C12H20N4O. The average molecular weight is 236 g/mol. The average Bonchev–Trinajstić information content (AvgIpc) is 2.71. The van der Waals surface area contributed by atoms with Gasteiger partial charge < -0.3 is 20.5 Å². The molecular weight excluding hydrogens is 216 g/mol. The number of aryl methyl sites for hydroxylation is 1. The van der Waals surface area contributed by atoms with Gasteiger partial charge in [-0.2, -0.15) is 0 Å². The highest BCUT2D eigenvalue weighted by Gasteiger charge is 2.21. The van der Waals surface area contributed by atoms with Crippen LogP contribution < -0.4 is 11.1 Å². The van der Waals surface area contributed by atoms with Gasteiger partial charge in [-0.1, -0.05) is 6.92 Å². The van der Waals surface area contributed by atoms with Gasteiger partial charge in [-0.05, 0) is 12.5 Å². The Morgan fingerprint density at radius 1 is 1.47 bits per heavy atom. The van der Waals surface area contributed by atoms with Crippen LogP contribution in [0.1, 0.15) is 23.8 Å². The summed E-state index contributed by atoms with van der Waals surface area (Å²) in [6.07, 6.45) is 2.84. The van der Waals surface area contributed by atoms with E-state index in [1.165, 1.54) is 0 Å². The first-order chi connectivity index (χ1) is 8.22. The van der Waals surface area contributed by atoms with E-state index in [9.17, 15) is 4.79 Å². The van der Waals surface area contributed by atoms with E-state index in [2.05, 4.69) is 12.2 Å². The molecule has 0 atom stereocenters. The first-order valence-electron chi connectivity index (χ1n) is 6.18. The topological polar surface area (TPSA) is 63.3 Å². The van der Waals surface area contributed by atoms with E-state index >= 15 is 0 Å². The molecule has 0 bridgehead atoms. The van der Waals surface area contributed by atoms with Crippen LogP contribution >= 0.6 is 0 Å². The highest BCUT2D eigenvalue weighted by Crippen LogP contribution is 2.14. The van der Waals surface area contributed by atoms with Crippen molar-refractivity contribution in [3.63, 3.8) is 0 Å². The SMILES string of the molecule is CCCn1cc(N)cc1C(=O)N1CCNCC1. The van der Waals surface area contributed by atoms with E-state index in [0.717, 1.165) is 39.1 Å². The molecule has 5 nitrogen and oxygen atoms in total. The minimum atomic E-state index is 0.0941. The van der Waals surface area contributed by atoms with Crippen LogP contribution in [-0.4, -0.2) is 41.6 Å². The lowest BCUT2D eigenvalue weighted by Crippen LogP contribution is -2.46. The lowest BCUT2D eigenvalue weighted by molar-refractivity contribution is 0.0724. The first-order valence-corrected chi connectivity index (χ1v) is 6.18. The van der Waals surface area contributed by atoms with Gasteiger partial charge in [0.2, 0.25) is 0 Å². The second kappa shape index (κ2) is 5.23. The highest BCUT2D eigenvalue weighted by atomic mass is 16.2. The van der Waals surface area contributed by atoms with Crippen molar-refractivity contribution in [2.75, 3.05) is 31.9 Å². The summed E-state index contributed by atoms with van der Waals surface area (Å²) in [6.45, 7) is 6.22. The number of hydrogen-bond donors (Lipinski definition) is 2. The second-order valence-corrected chi connectivity index (χ2v) is 4.39. The fourth-order valence-corrected chi connectivity index (χ4v) is 2.17. The summed E-state index contributed by atoms with van der Waals surface area (Å²) in [7, 11) is 0. The highest BCUT2D eigenvalue weighted by molar-refractivity contribution is 5.94. The maximum atomic E-state index is 12.3. The number of nitrogens with one attached hydrogen (secondary N) is 1. The summed E-state index contributed by atoms with van der Waals surface area (Å²) in [5, 5.41) is 3.24. The number of piperazine rings is 1.